The number of aromatic nitrogens is 2. The molecule has 0 aliphatic carbocycles. The summed E-state index contributed by atoms with van der Waals surface area (Å²) in [7, 11) is 3.41. The molecule has 28 heavy (non-hydrogen) atoms. The quantitative estimate of drug-likeness (QED) is 0.741. The van der Waals surface area contributed by atoms with Crippen molar-refractivity contribution in [3.05, 3.63) is 82.7 Å². The summed E-state index contributed by atoms with van der Waals surface area (Å²) in [6.45, 7) is 4.67. The molecule has 0 fully saturated rings. The molecule has 1 heterocycles. The molecule has 2 amide bonds. The largest absolute Gasteiger partial charge is 0.345 e. The van der Waals surface area contributed by atoms with Gasteiger partial charge in [-0.2, -0.15) is 5.10 Å². The number of carbonyl (C=O) groups excluding carboxylic acids is 2. The third-order valence-electron chi connectivity index (χ3n) is 4.45. The van der Waals surface area contributed by atoms with Crippen molar-refractivity contribution < 1.29 is 9.59 Å². The number of aryl methyl sites for hydroxylation is 2. The highest BCUT2D eigenvalue weighted by atomic mass is 16.2. The van der Waals surface area contributed by atoms with Crippen LogP contribution in [0, 0.1) is 13.8 Å². The van der Waals surface area contributed by atoms with Crippen LogP contribution in [0.5, 0.6) is 0 Å². The van der Waals surface area contributed by atoms with E-state index in [1.807, 2.05) is 36.7 Å². The summed E-state index contributed by atoms with van der Waals surface area (Å²) in [6, 6.07) is 16.4. The summed E-state index contributed by atoms with van der Waals surface area (Å²) in [4.78, 5) is 25.9. The van der Waals surface area contributed by atoms with Crippen molar-refractivity contribution in [2.75, 3.05) is 19.4 Å². The van der Waals surface area contributed by atoms with Crippen LogP contribution < -0.4 is 5.32 Å². The lowest BCUT2D eigenvalue weighted by Gasteiger charge is -2.11. The Morgan fingerprint density at radius 1 is 0.964 bits per heavy atom. The average molecular weight is 376 g/mol. The van der Waals surface area contributed by atoms with Gasteiger partial charge in [0, 0.05) is 36.6 Å². The van der Waals surface area contributed by atoms with Crippen LogP contribution in [0.2, 0.25) is 0 Å². The highest BCUT2D eigenvalue weighted by molar-refractivity contribution is 6.04. The summed E-state index contributed by atoms with van der Waals surface area (Å²) in [5.74, 6) is -0.263. The zero-order chi connectivity index (χ0) is 20.3. The Morgan fingerprint density at radius 3 is 2.11 bits per heavy atom. The van der Waals surface area contributed by atoms with E-state index in [4.69, 9.17) is 0 Å². The first-order valence-corrected chi connectivity index (χ1v) is 9.06. The number of hydrogen-bond donors (Lipinski definition) is 1. The van der Waals surface area contributed by atoms with Crippen molar-refractivity contribution >= 4 is 17.5 Å². The molecule has 144 valence electrons. The Labute approximate surface area is 164 Å². The predicted octanol–water partition coefficient (Wildman–Crippen LogP) is 3.50. The number of nitrogens with zero attached hydrogens (tertiary/aromatic N) is 3. The normalized spacial score (nSPS) is 10.6. The Morgan fingerprint density at radius 2 is 1.57 bits per heavy atom. The first-order chi connectivity index (χ1) is 13.3. The summed E-state index contributed by atoms with van der Waals surface area (Å²) < 4.78 is 1.95. The summed E-state index contributed by atoms with van der Waals surface area (Å²) in [6.07, 6.45) is 0. The van der Waals surface area contributed by atoms with E-state index in [0.717, 1.165) is 17.0 Å². The van der Waals surface area contributed by atoms with Crippen LogP contribution in [0.25, 0.3) is 0 Å². The van der Waals surface area contributed by atoms with Crippen LogP contribution in [0.3, 0.4) is 0 Å². The average Bonchev–Trinajstić information content (AvgIpc) is 2.99. The van der Waals surface area contributed by atoms with E-state index in [2.05, 4.69) is 10.4 Å². The van der Waals surface area contributed by atoms with Crippen molar-refractivity contribution in [1.29, 1.82) is 0 Å². The van der Waals surface area contributed by atoms with Crippen molar-refractivity contribution in [3.8, 4) is 0 Å². The molecule has 0 radical (unpaired) electrons. The lowest BCUT2D eigenvalue weighted by Crippen LogP contribution is -2.21. The standard InChI is InChI=1S/C22H24N4O2/c1-15-13-16(2)26(24-15)14-17-5-7-18(8-6-17)21(27)23-20-11-9-19(10-12-20)22(28)25(3)4/h5-13H,14H2,1-4H3,(H,23,27). The van der Waals surface area contributed by atoms with Gasteiger partial charge in [0.25, 0.3) is 11.8 Å². The number of rotatable bonds is 5. The molecule has 0 saturated carbocycles. The Balaban J connectivity index is 1.64. The van der Waals surface area contributed by atoms with Crippen LogP contribution in [0.1, 0.15) is 37.7 Å². The van der Waals surface area contributed by atoms with Crippen molar-refractivity contribution in [1.82, 2.24) is 14.7 Å². The van der Waals surface area contributed by atoms with E-state index in [-0.39, 0.29) is 11.8 Å². The van der Waals surface area contributed by atoms with Crippen LogP contribution in [0.15, 0.2) is 54.6 Å². The topological polar surface area (TPSA) is 67.2 Å². The van der Waals surface area contributed by atoms with Gasteiger partial charge in [0.15, 0.2) is 0 Å². The number of hydrogen-bond acceptors (Lipinski definition) is 3. The second-order valence-electron chi connectivity index (χ2n) is 7.01. The fourth-order valence-corrected chi connectivity index (χ4v) is 2.93. The molecular formula is C22H24N4O2. The third kappa shape index (κ3) is 4.46. The van der Waals surface area contributed by atoms with Crippen LogP contribution in [0.4, 0.5) is 5.69 Å². The second kappa shape index (κ2) is 8.08. The molecule has 0 spiro atoms. The van der Waals surface area contributed by atoms with E-state index in [1.54, 1.807) is 50.5 Å². The van der Waals surface area contributed by atoms with Crippen molar-refractivity contribution in [2.24, 2.45) is 0 Å². The van der Waals surface area contributed by atoms with E-state index in [0.29, 0.717) is 23.4 Å². The smallest absolute Gasteiger partial charge is 0.255 e. The number of nitrogens with one attached hydrogen (secondary N) is 1. The van der Waals surface area contributed by atoms with Crippen molar-refractivity contribution in [2.45, 2.75) is 20.4 Å². The first-order valence-electron chi connectivity index (χ1n) is 9.06. The van der Waals surface area contributed by atoms with Gasteiger partial charge in [0.2, 0.25) is 0 Å². The van der Waals surface area contributed by atoms with Crippen LogP contribution in [-0.4, -0.2) is 40.6 Å². The van der Waals surface area contributed by atoms with Gasteiger partial charge in [0.05, 0.1) is 12.2 Å². The number of anilines is 1. The first kappa shape index (κ1) is 19.4. The molecule has 0 saturated heterocycles. The fraction of sp³-hybridized carbons (Fsp3) is 0.227. The summed E-state index contributed by atoms with van der Waals surface area (Å²) in [5, 5.41) is 7.31. The van der Waals surface area contributed by atoms with Gasteiger partial charge < -0.3 is 10.2 Å². The molecule has 3 rings (SSSR count). The van der Waals surface area contributed by atoms with Gasteiger partial charge in [-0.25, -0.2) is 0 Å². The van der Waals surface area contributed by atoms with E-state index in [1.165, 1.54) is 4.90 Å². The minimum atomic E-state index is -0.190. The van der Waals surface area contributed by atoms with Gasteiger partial charge >= 0.3 is 0 Å². The maximum absolute atomic E-state index is 12.5. The predicted molar refractivity (Wildman–Crippen MR) is 110 cm³/mol. The number of benzene rings is 2. The van der Waals surface area contributed by atoms with Crippen molar-refractivity contribution in [3.63, 3.8) is 0 Å². The SMILES string of the molecule is Cc1cc(C)n(Cc2ccc(C(=O)Nc3ccc(C(=O)N(C)C)cc3)cc2)n1. The summed E-state index contributed by atoms with van der Waals surface area (Å²) in [5.41, 5.74) is 4.98. The maximum Gasteiger partial charge on any atom is 0.255 e. The van der Waals surface area contributed by atoms with Gasteiger partial charge in [-0.3, -0.25) is 14.3 Å². The molecule has 2 aromatic carbocycles. The molecule has 1 aromatic heterocycles. The Hall–Kier alpha value is -3.41. The molecule has 0 unspecified atom stereocenters. The van der Waals surface area contributed by atoms with E-state index < -0.39 is 0 Å². The molecule has 0 bridgehead atoms. The molecule has 6 heteroatoms. The number of carbonyl (C=O) groups is 2. The minimum absolute atomic E-state index is 0.0731. The van der Waals surface area contributed by atoms with Gasteiger partial charge in [-0.1, -0.05) is 12.1 Å². The maximum atomic E-state index is 12.5. The molecule has 0 aliphatic heterocycles. The van der Waals surface area contributed by atoms with Crippen LogP contribution >= 0.6 is 0 Å². The minimum Gasteiger partial charge on any atom is -0.345 e. The van der Waals surface area contributed by atoms with Gasteiger partial charge in [0.1, 0.15) is 0 Å². The zero-order valence-corrected chi connectivity index (χ0v) is 16.6. The molecule has 6 nitrogen and oxygen atoms in total. The molecular weight excluding hydrogens is 352 g/mol. The monoisotopic (exact) mass is 376 g/mol. The van der Waals surface area contributed by atoms with Gasteiger partial charge in [-0.05, 0) is 61.9 Å². The van der Waals surface area contributed by atoms with Crippen LogP contribution in [-0.2, 0) is 6.54 Å². The lowest BCUT2D eigenvalue weighted by molar-refractivity contribution is 0.0827. The zero-order valence-electron chi connectivity index (χ0n) is 16.6. The summed E-state index contributed by atoms with van der Waals surface area (Å²) >= 11 is 0. The van der Waals surface area contributed by atoms with E-state index >= 15 is 0 Å². The number of amides is 2. The molecule has 0 aliphatic rings. The lowest BCUT2D eigenvalue weighted by atomic mass is 10.1. The molecule has 3 aromatic rings. The third-order valence-corrected chi connectivity index (χ3v) is 4.45. The highest BCUT2D eigenvalue weighted by Gasteiger charge is 2.10. The second-order valence-corrected chi connectivity index (χ2v) is 7.01. The van der Waals surface area contributed by atoms with Gasteiger partial charge in [-0.15, -0.1) is 0 Å². The highest BCUT2D eigenvalue weighted by Crippen LogP contribution is 2.14. The van der Waals surface area contributed by atoms with E-state index in [9.17, 15) is 9.59 Å². The molecule has 0 atom stereocenters. The fourth-order valence-electron chi connectivity index (χ4n) is 2.93. The molecule has 1 N–H and O–H groups in total. The Kier molecular flexibility index (Phi) is 5.59. The Bertz CT molecular complexity index is 986.